The van der Waals surface area contributed by atoms with Crippen LogP contribution < -0.4 is 5.73 Å². The Kier molecular flexibility index (Phi) is 58.0. The van der Waals surface area contributed by atoms with E-state index in [1.165, 1.54) is 289 Å². The van der Waals surface area contributed by atoms with Gasteiger partial charge >= 0.3 is 13.8 Å². The Morgan fingerprint density at radius 3 is 0.913 bits per heavy atom. The highest BCUT2D eigenvalue weighted by molar-refractivity contribution is 7.47. The quantitative estimate of drug-likeness (QED) is 0.0351. The van der Waals surface area contributed by atoms with Gasteiger partial charge in [0.15, 0.2) is 0 Å². The molecule has 0 heterocycles. The fourth-order valence-electron chi connectivity index (χ4n) is 9.71. The maximum absolute atomic E-state index is 12.7. The summed E-state index contributed by atoms with van der Waals surface area (Å²) in [4.78, 5) is 22.7. The minimum absolute atomic E-state index is 0.0895. The second-order valence-electron chi connectivity index (χ2n) is 21.3. The number of hydrogen-bond donors (Lipinski definition) is 2. The number of carbonyl (C=O) groups excluding carboxylic acids is 1. The second kappa shape index (κ2) is 58.4. The molecule has 2 atom stereocenters. The van der Waals surface area contributed by atoms with Crippen molar-refractivity contribution in [2.24, 2.45) is 5.73 Å². The van der Waals surface area contributed by atoms with E-state index in [4.69, 9.17) is 24.3 Å². The number of phosphoric acid groups is 1. The minimum atomic E-state index is -4.28. The summed E-state index contributed by atoms with van der Waals surface area (Å²) in [6.07, 6.45) is 67.6. The fraction of sp³-hybridized carbons (Fsp3) is 0.983. The number of hydrogen-bond acceptors (Lipinski definition) is 7. The van der Waals surface area contributed by atoms with Crippen LogP contribution in [-0.2, 0) is 27.9 Å². The Hall–Kier alpha value is -0.500. The van der Waals surface area contributed by atoms with Crippen molar-refractivity contribution < 1.29 is 32.8 Å². The number of carbonyl (C=O) groups is 1. The Bertz CT molecular complexity index is 1030. The molecule has 0 saturated heterocycles. The number of esters is 1. The molecule has 0 aliphatic carbocycles. The van der Waals surface area contributed by atoms with Gasteiger partial charge < -0.3 is 20.1 Å². The molecular formula is C60H122NO7P. The average Bonchev–Trinajstić information content (AvgIpc) is 3.34. The molecule has 0 aliphatic heterocycles. The summed E-state index contributed by atoms with van der Waals surface area (Å²) in [6, 6.07) is 0. The van der Waals surface area contributed by atoms with Crippen molar-refractivity contribution in [3.05, 3.63) is 0 Å². The molecule has 1 unspecified atom stereocenters. The van der Waals surface area contributed by atoms with Crippen LogP contribution >= 0.6 is 7.82 Å². The molecule has 0 saturated carbocycles. The van der Waals surface area contributed by atoms with Crippen LogP contribution in [0.3, 0.4) is 0 Å². The van der Waals surface area contributed by atoms with E-state index in [1.807, 2.05) is 0 Å². The van der Waals surface area contributed by atoms with Gasteiger partial charge in [0, 0.05) is 19.6 Å². The molecule has 414 valence electrons. The SMILES string of the molecule is CCCCCCCCCCCCCCCCCCCCCCCCCCCCCCCCCCC(=O)O[C@H](COCCCCCCCCCCCCCCCCCCCC)COP(=O)(O)OCCN. The number of ether oxygens (including phenoxy) is 2. The third kappa shape index (κ3) is 58.3. The molecule has 3 N–H and O–H groups in total. The molecule has 0 amide bonds. The van der Waals surface area contributed by atoms with Crippen molar-refractivity contribution in [2.75, 3.05) is 33.0 Å². The van der Waals surface area contributed by atoms with E-state index in [9.17, 15) is 14.3 Å². The monoisotopic (exact) mass is 1000 g/mol. The summed E-state index contributed by atoms with van der Waals surface area (Å²) < 4.78 is 33.7. The predicted octanol–water partition coefficient (Wildman–Crippen LogP) is 19.9. The first-order valence-electron chi connectivity index (χ1n) is 31.0. The van der Waals surface area contributed by atoms with E-state index >= 15 is 0 Å². The first-order chi connectivity index (χ1) is 33.9. The van der Waals surface area contributed by atoms with Crippen molar-refractivity contribution in [3.63, 3.8) is 0 Å². The normalized spacial score (nSPS) is 13.0. The first kappa shape index (κ1) is 68.5. The Morgan fingerprint density at radius 2 is 0.638 bits per heavy atom. The van der Waals surface area contributed by atoms with Gasteiger partial charge in [0.25, 0.3) is 0 Å². The van der Waals surface area contributed by atoms with E-state index < -0.39 is 13.9 Å². The molecule has 8 nitrogen and oxygen atoms in total. The van der Waals surface area contributed by atoms with Crippen molar-refractivity contribution in [2.45, 2.75) is 347 Å². The first-order valence-corrected chi connectivity index (χ1v) is 32.5. The van der Waals surface area contributed by atoms with Crippen molar-refractivity contribution in [1.82, 2.24) is 0 Å². The third-order valence-corrected chi connectivity index (χ3v) is 15.3. The van der Waals surface area contributed by atoms with Gasteiger partial charge in [-0.05, 0) is 12.8 Å². The minimum Gasteiger partial charge on any atom is -0.457 e. The van der Waals surface area contributed by atoms with Crippen LogP contribution in [0.1, 0.15) is 341 Å². The molecule has 0 rings (SSSR count). The Labute approximate surface area is 431 Å². The second-order valence-corrected chi connectivity index (χ2v) is 22.7. The zero-order valence-corrected chi connectivity index (χ0v) is 47.5. The number of rotatable bonds is 61. The van der Waals surface area contributed by atoms with Gasteiger partial charge in [0.05, 0.1) is 19.8 Å². The molecule has 0 radical (unpaired) electrons. The topological polar surface area (TPSA) is 117 Å². The molecule has 0 bridgehead atoms. The van der Waals surface area contributed by atoms with Gasteiger partial charge in [0.1, 0.15) is 6.10 Å². The van der Waals surface area contributed by atoms with E-state index in [0.717, 1.165) is 32.1 Å². The van der Waals surface area contributed by atoms with Crippen LogP contribution in [0, 0.1) is 0 Å². The third-order valence-electron chi connectivity index (χ3n) is 14.3. The van der Waals surface area contributed by atoms with Crippen molar-refractivity contribution in [1.29, 1.82) is 0 Å². The zero-order chi connectivity index (χ0) is 50.1. The van der Waals surface area contributed by atoms with Gasteiger partial charge in [-0.15, -0.1) is 0 Å². The summed E-state index contributed by atoms with van der Waals surface area (Å²) in [5, 5.41) is 0. The highest BCUT2D eigenvalue weighted by atomic mass is 31.2. The van der Waals surface area contributed by atoms with Gasteiger partial charge in [0.2, 0.25) is 0 Å². The van der Waals surface area contributed by atoms with Crippen LogP contribution in [0.25, 0.3) is 0 Å². The van der Waals surface area contributed by atoms with Crippen LogP contribution in [0.15, 0.2) is 0 Å². The number of nitrogens with two attached hydrogens (primary N) is 1. The van der Waals surface area contributed by atoms with E-state index in [1.54, 1.807) is 0 Å². The summed E-state index contributed by atoms with van der Waals surface area (Å²) in [5.41, 5.74) is 5.41. The molecule has 0 aromatic heterocycles. The highest BCUT2D eigenvalue weighted by Crippen LogP contribution is 2.43. The summed E-state index contributed by atoms with van der Waals surface area (Å²) in [7, 11) is -4.28. The van der Waals surface area contributed by atoms with E-state index in [-0.39, 0.29) is 32.3 Å². The largest absolute Gasteiger partial charge is 0.472 e. The molecule has 9 heteroatoms. The lowest BCUT2D eigenvalue weighted by atomic mass is 10.0. The molecule has 0 aromatic rings. The van der Waals surface area contributed by atoms with Gasteiger partial charge in [-0.1, -0.05) is 322 Å². The van der Waals surface area contributed by atoms with Gasteiger partial charge in [-0.3, -0.25) is 13.8 Å². The van der Waals surface area contributed by atoms with Crippen LogP contribution in [-0.4, -0.2) is 49.9 Å². The average molecular weight is 1000 g/mol. The van der Waals surface area contributed by atoms with E-state index in [0.29, 0.717) is 13.0 Å². The maximum Gasteiger partial charge on any atom is 0.472 e. The lowest BCUT2D eigenvalue weighted by Gasteiger charge is -2.20. The molecular weight excluding hydrogens is 878 g/mol. The fourth-order valence-corrected chi connectivity index (χ4v) is 10.5. The van der Waals surface area contributed by atoms with Crippen LogP contribution in [0.4, 0.5) is 0 Å². The van der Waals surface area contributed by atoms with E-state index in [2.05, 4.69) is 13.8 Å². The van der Waals surface area contributed by atoms with Crippen molar-refractivity contribution in [3.8, 4) is 0 Å². The van der Waals surface area contributed by atoms with Gasteiger partial charge in [-0.2, -0.15) is 0 Å². The standard InChI is InChI=1S/C60H122NO7P/c1-3-5-7-9-11-13-15-17-19-21-23-24-25-26-27-28-29-30-31-32-33-34-35-36-37-39-41-43-45-47-49-51-53-60(62)68-59(58-67-69(63,64)66-56-54-61)57-65-55-52-50-48-46-44-42-40-38-22-20-18-16-14-12-10-8-6-4-2/h59H,3-58,61H2,1-2H3,(H,63,64)/t59-/m1/s1. The molecule has 69 heavy (non-hydrogen) atoms. The molecule has 0 aliphatic rings. The highest BCUT2D eigenvalue weighted by Gasteiger charge is 2.25. The van der Waals surface area contributed by atoms with Gasteiger partial charge in [-0.25, -0.2) is 4.57 Å². The number of unbranched alkanes of at least 4 members (excludes halogenated alkanes) is 48. The lowest BCUT2D eigenvalue weighted by Crippen LogP contribution is -2.28. The number of phosphoric ester groups is 1. The Morgan fingerprint density at radius 1 is 0.377 bits per heavy atom. The summed E-state index contributed by atoms with van der Waals surface area (Å²) >= 11 is 0. The smallest absolute Gasteiger partial charge is 0.457 e. The molecule has 0 aromatic carbocycles. The zero-order valence-electron chi connectivity index (χ0n) is 46.6. The maximum atomic E-state index is 12.7. The predicted molar refractivity (Wildman–Crippen MR) is 298 cm³/mol. The van der Waals surface area contributed by atoms with Crippen LogP contribution in [0.2, 0.25) is 0 Å². The lowest BCUT2D eigenvalue weighted by molar-refractivity contribution is -0.154. The molecule has 0 spiro atoms. The molecule has 0 fully saturated rings. The van der Waals surface area contributed by atoms with Crippen LogP contribution in [0.5, 0.6) is 0 Å². The summed E-state index contributed by atoms with van der Waals surface area (Å²) in [6.45, 7) is 5.03. The summed E-state index contributed by atoms with van der Waals surface area (Å²) in [5.74, 6) is -0.318. The van der Waals surface area contributed by atoms with Crippen molar-refractivity contribution >= 4 is 13.8 Å². The Balaban J connectivity index is 3.72.